The highest BCUT2D eigenvalue weighted by Crippen LogP contribution is 2.37. The van der Waals surface area contributed by atoms with Crippen LogP contribution in [0, 0.1) is 0 Å². The highest BCUT2D eigenvalue weighted by molar-refractivity contribution is 7.91. The van der Waals surface area contributed by atoms with Crippen LogP contribution in [-0.2, 0) is 28.9 Å². The molecule has 1 unspecified atom stereocenters. The number of nitrogens with one attached hydrogen (secondary N) is 1. The standard InChI is InChI=1S/C25H25ClF3N3OS/c1-30-34(33,22-13-10-20(11-14-22)25(27,28)29)31-15-4-16-32-23-6-3-2-5-18(23)7-8-19-9-12-21(26)17-24(19)32/h2-3,5-6,9-14,17H,4,7-8,15-16H2,1H3,(H,30,31,33). The zero-order valence-electron chi connectivity index (χ0n) is 18.6. The number of benzene rings is 3. The van der Waals surface area contributed by atoms with Crippen LogP contribution in [0.1, 0.15) is 23.1 Å². The summed E-state index contributed by atoms with van der Waals surface area (Å²) in [6.45, 7) is 1.01. The molecule has 0 bridgehead atoms. The Kier molecular flexibility index (Phi) is 7.21. The third-order valence-electron chi connectivity index (χ3n) is 5.90. The van der Waals surface area contributed by atoms with E-state index in [9.17, 15) is 17.4 Å². The Morgan fingerprint density at radius 3 is 2.35 bits per heavy atom. The molecule has 1 atom stereocenters. The minimum Gasteiger partial charge on any atom is -0.341 e. The highest BCUT2D eigenvalue weighted by Gasteiger charge is 2.30. The Balaban J connectivity index is 1.50. The lowest BCUT2D eigenvalue weighted by Crippen LogP contribution is -2.28. The molecule has 1 aliphatic rings. The monoisotopic (exact) mass is 507 g/mol. The number of anilines is 2. The average molecular weight is 508 g/mol. The van der Waals surface area contributed by atoms with Gasteiger partial charge >= 0.3 is 6.18 Å². The van der Waals surface area contributed by atoms with Gasteiger partial charge in [0.1, 0.15) is 9.92 Å². The third kappa shape index (κ3) is 5.24. The fraction of sp³-hybridized carbons (Fsp3) is 0.280. The summed E-state index contributed by atoms with van der Waals surface area (Å²) in [5.41, 5.74) is 3.85. The smallest absolute Gasteiger partial charge is 0.341 e. The molecular formula is C25H25ClF3N3OS. The van der Waals surface area contributed by atoms with Gasteiger partial charge in [0.25, 0.3) is 0 Å². The van der Waals surface area contributed by atoms with Crippen molar-refractivity contribution >= 4 is 32.9 Å². The molecule has 0 saturated heterocycles. The van der Waals surface area contributed by atoms with E-state index >= 15 is 0 Å². The predicted octanol–water partition coefficient (Wildman–Crippen LogP) is 6.65. The van der Waals surface area contributed by atoms with E-state index in [1.165, 1.54) is 30.3 Å². The van der Waals surface area contributed by atoms with Crippen LogP contribution < -0.4 is 9.62 Å². The fourth-order valence-corrected chi connectivity index (χ4v) is 5.75. The summed E-state index contributed by atoms with van der Waals surface area (Å²) in [6, 6.07) is 18.5. The van der Waals surface area contributed by atoms with Crippen LogP contribution in [0.15, 0.2) is 76.0 Å². The predicted molar refractivity (Wildman–Crippen MR) is 131 cm³/mol. The second-order valence-corrected chi connectivity index (χ2v) is 10.6. The Morgan fingerprint density at radius 2 is 1.68 bits per heavy atom. The van der Waals surface area contributed by atoms with E-state index in [1.807, 2.05) is 24.3 Å². The maximum Gasteiger partial charge on any atom is 0.416 e. The molecule has 1 N–H and O–H groups in total. The third-order valence-corrected chi connectivity index (χ3v) is 8.15. The van der Waals surface area contributed by atoms with Crippen molar-refractivity contribution in [2.75, 3.05) is 25.0 Å². The molecule has 9 heteroatoms. The number of aryl methyl sites for hydroxylation is 2. The minimum absolute atomic E-state index is 0.222. The molecule has 0 amide bonds. The number of nitrogens with zero attached hydrogens (tertiary/aromatic N) is 2. The second kappa shape index (κ2) is 9.98. The van der Waals surface area contributed by atoms with E-state index in [0.717, 1.165) is 36.3 Å². The molecule has 34 heavy (non-hydrogen) atoms. The molecule has 0 radical (unpaired) electrons. The molecule has 3 aromatic rings. The molecule has 0 aliphatic carbocycles. The van der Waals surface area contributed by atoms with Crippen molar-refractivity contribution in [2.24, 2.45) is 4.36 Å². The lowest BCUT2D eigenvalue weighted by atomic mass is 10.0. The number of rotatable bonds is 6. The Hall–Kier alpha value is -2.55. The fourth-order valence-electron chi connectivity index (χ4n) is 4.15. The number of fused-ring (bicyclic) bond motifs is 2. The first-order valence-corrected chi connectivity index (χ1v) is 12.8. The highest BCUT2D eigenvalue weighted by atomic mass is 35.5. The molecular weight excluding hydrogens is 483 g/mol. The van der Waals surface area contributed by atoms with Gasteiger partial charge in [-0.05, 0) is 72.9 Å². The van der Waals surface area contributed by atoms with Gasteiger partial charge in [-0.1, -0.05) is 35.9 Å². The van der Waals surface area contributed by atoms with Gasteiger partial charge in [-0.25, -0.2) is 13.3 Å². The zero-order chi connectivity index (χ0) is 24.3. The zero-order valence-corrected chi connectivity index (χ0v) is 20.2. The molecule has 4 nitrogen and oxygen atoms in total. The quantitative estimate of drug-likeness (QED) is 0.380. The molecule has 3 aromatic carbocycles. The lowest BCUT2D eigenvalue weighted by Gasteiger charge is -2.27. The number of alkyl halides is 3. The molecule has 180 valence electrons. The van der Waals surface area contributed by atoms with Gasteiger partial charge in [-0.3, -0.25) is 0 Å². The first-order valence-electron chi connectivity index (χ1n) is 10.9. The Bertz CT molecular complexity index is 1290. The van der Waals surface area contributed by atoms with Crippen LogP contribution >= 0.6 is 11.6 Å². The van der Waals surface area contributed by atoms with Crippen LogP contribution in [0.2, 0.25) is 5.02 Å². The molecule has 0 aromatic heterocycles. The van der Waals surface area contributed by atoms with Gasteiger partial charge in [0.15, 0.2) is 0 Å². The van der Waals surface area contributed by atoms with Gasteiger partial charge in [0.05, 0.1) is 10.5 Å². The molecule has 4 rings (SSSR count). The summed E-state index contributed by atoms with van der Waals surface area (Å²) >= 11 is 6.31. The Labute approximate surface area is 203 Å². The van der Waals surface area contributed by atoms with Crippen LogP contribution in [0.4, 0.5) is 24.5 Å². The summed E-state index contributed by atoms with van der Waals surface area (Å²) in [4.78, 5) is 2.45. The van der Waals surface area contributed by atoms with Crippen LogP contribution in [0.3, 0.4) is 0 Å². The SMILES string of the molecule is CN=S(=O)(NCCCN1c2ccccc2CCc2ccc(Cl)cc21)c1ccc(C(F)(F)F)cc1. The first-order chi connectivity index (χ1) is 16.2. The number of para-hydroxylation sites is 1. The van der Waals surface area contributed by atoms with Crippen molar-refractivity contribution in [3.63, 3.8) is 0 Å². The molecule has 0 spiro atoms. The molecule has 0 fully saturated rings. The van der Waals surface area contributed by atoms with Crippen molar-refractivity contribution in [1.82, 2.24) is 4.72 Å². The molecule has 1 aliphatic heterocycles. The van der Waals surface area contributed by atoms with Crippen LogP contribution in [0.25, 0.3) is 0 Å². The number of hydrogen-bond donors (Lipinski definition) is 1. The van der Waals surface area contributed by atoms with E-state index in [-0.39, 0.29) is 4.90 Å². The van der Waals surface area contributed by atoms with Crippen molar-refractivity contribution in [3.8, 4) is 0 Å². The van der Waals surface area contributed by atoms with E-state index in [4.69, 9.17) is 11.6 Å². The maximum atomic E-state index is 13.3. The first kappa shape index (κ1) is 24.6. The minimum atomic E-state index is -4.45. The topological polar surface area (TPSA) is 44.7 Å². The van der Waals surface area contributed by atoms with E-state index in [1.54, 1.807) is 0 Å². The van der Waals surface area contributed by atoms with Crippen molar-refractivity contribution in [1.29, 1.82) is 0 Å². The summed E-state index contributed by atoms with van der Waals surface area (Å²) in [6.07, 6.45) is -1.98. The van der Waals surface area contributed by atoms with Crippen LogP contribution in [0.5, 0.6) is 0 Å². The average Bonchev–Trinajstić information content (AvgIpc) is 2.98. The number of halogens is 4. The summed E-state index contributed by atoms with van der Waals surface area (Å²) < 4.78 is 58.8. The van der Waals surface area contributed by atoms with Gasteiger partial charge in [-0.15, -0.1) is 0 Å². The van der Waals surface area contributed by atoms with E-state index < -0.39 is 21.7 Å². The molecule has 0 saturated carbocycles. The second-order valence-electron chi connectivity index (χ2n) is 8.03. The largest absolute Gasteiger partial charge is 0.416 e. The molecule has 1 heterocycles. The van der Waals surface area contributed by atoms with Crippen molar-refractivity contribution in [3.05, 3.63) is 88.4 Å². The lowest BCUT2D eigenvalue weighted by molar-refractivity contribution is -0.137. The van der Waals surface area contributed by atoms with Crippen LogP contribution in [-0.4, -0.2) is 24.3 Å². The van der Waals surface area contributed by atoms with Gasteiger partial charge in [-0.2, -0.15) is 13.2 Å². The van der Waals surface area contributed by atoms with Gasteiger partial charge in [0.2, 0.25) is 0 Å². The summed E-state index contributed by atoms with van der Waals surface area (Å²) in [5, 5.41) is 0.663. The maximum absolute atomic E-state index is 13.3. The normalized spacial score (nSPS) is 15.1. The van der Waals surface area contributed by atoms with Crippen molar-refractivity contribution < 1.29 is 17.4 Å². The van der Waals surface area contributed by atoms with Crippen molar-refractivity contribution in [2.45, 2.75) is 30.3 Å². The van der Waals surface area contributed by atoms with E-state index in [0.29, 0.717) is 24.5 Å². The summed E-state index contributed by atoms with van der Waals surface area (Å²) in [5.74, 6) is 0. The van der Waals surface area contributed by atoms with Gasteiger partial charge < -0.3 is 4.90 Å². The number of hydrogen-bond acceptors (Lipinski definition) is 3. The van der Waals surface area contributed by atoms with Gasteiger partial charge in [0, 0.05) is 36.5 Å². The Morgan fingerprint density at radius 1 is 1.00 bits per heavy atom. The summed E-state index contributed by atoms with van der Waals surface area (Å²) in [7, 11) is -1.64. The van der Waals surface area contributed by atoms with E-state index in [2.05, 4.69) is 32.2 Å².